The molecule has 2 aromatic heterocycles. The predicted molar refractivity (Wildman–Crippen MR) is 103 cm³/mol. The monoisotopic (exact) mass is 431 g/mol. The molecule has 1 fully saturated rings. The van der Waals surface area contributed by atoms with Gasteiger partial charge in [-0.3, -0.25) is 9.59 Å². The van der Waals surface area contributed by atoms with Crippen molar-refractivity contribution in [1.82, 2.24) is 14.8 Å². The molecule has 0 saturated carbocycles. The summed E-state index contributed by atoms with van der Waals surface area (Å²) in [5.41, 5.74) is 7.28. The molecular weight excluding hydrogens is 415 g/mol. The van der Waals surface area contributed by atoms with E-state index in [2.05, 4.69) is 14.8 Å². The maximum absolute atomic E-state index is 13.1. The van der Waals surface area contributed by atoms with Crippen LogP contribution in [0.2, 0.25) is 0 Å². The molecule has 4 rings (SSSR count). The summed E-state index contributed by atoms with van der Waals surface area (Å²) in [6, 6.07) is 9.70. The molecule has 31 heavy (non-hydrogen) atoms. The number of ether oxygens (including phenoxy) is 1. The number of carbonyl (C=O) groups excluding carboxylic acids is 2. The summed E-state index contributed by atoms with van der Waals surface area (Å²) in [6.07, 6.45) is -3.41. The highest BCUT2D eigenvalue weighted by atomic mass is 19.4. The van der Waals surface area contributed by atoms with E-state index < -0.39 is 29.8 Å². The maximum atomic E-state index is 13.1. The molecule has 0 aliphatic carbocycles. The Labute approximate surface area is 174 Å². The Balaban J connectivity index is 1.63. The number of nitrogens with zero attached hydrogens (tertiary/aromatic N) is 4. The maximum Gasteiger partial charge on any atom is 0.573 e. The second-order valence-corrected chi connectivity index (χ2v) is 6.85. The number of nitrogens with two attached hydrogens (primary N) is 1. The van der Waals surface area contributed by atoms with Crippen molar-refractivity contribution in [3.8, 4) is 11.6 Å². The van der Waals surface area contributed by atoms with Crippen molar-refractivity contribution >= 4 is 23.3 Å². The normalized spacial score (nSPS) is 16.8. The molecule has 160 valence electrons. The van der Waals surface area contributed by atoms with Gasteiger partial charge in [-0.2, -0.15) is 9.78 Å². The van der Waals surface area contributed by atoms with E-state index in [1.165, 1.54) is 16.8 Å². The SMILES string of the molecule is Cc1nn(-c2ccccn2)c(N)c1[C@H]1CC(=O)N(c2ccc(OC(F)(F)F)cc2)C1=O. The Morgan fingerprint density at radius 3 is 2.45 bits per heavy atom. The number of imide groups is 1. The lowest BCUT2D eigenvalue weighted by Gasteiger charge is -2.16. The lowest BCUT2D eigenvalue weighted by Crippen LogP contribution is -2.30. The van der Waals surface area contributed by atoms with Gasteiger partial charge in [-0.05, 0) is 43.3 Å². The first-order chi connectivity index (χ1) is 14.7. The van der Waals surface area contributed by atoms with E-state index in [0.29, 0.717) is 17.1 Å². The number of hydrogen-bond acceptors (Lipinski definition) is 6. The molecule has 1 aliphatic heterocycles. The molecule has 1 aromatic carbocycles. The van der Waals surface area contributed by atoms with Gasteiger partial charge in [0.2, 0.25) is 11.8 Å². The lowest BCUT2D eigenvalue weighted by atomic mass is 9.97. The van der Waals surface area contributed by atoms with E-state index in [0.717, 1.165) is 17.0 Å². The first-order valence-electron chi connectivity index (χ1n) is 9.14. The zero-order valence-electron chi connectivity index (χ0n) is 16.1. The van der Waals surface area contributed by atoms with Crippen molar-refractivity contribution in [3.63, 3.8) is 0 Å². The van der Waals surface area contributed by atoms with Crippen LogP contribution < -0.4 is 15.4 Å². The topological polar surface area (TPSA) is 103 Å². The van der Waals surface area contributed by atoms with Gasteiger partial charge in [-0.1, -0.05) is 6.07 Å². The first-order valence-corrected chi connectivity index (χ1v) is 9.14. The molecule has 8 nitrogen and oxygen atoms in total. The van der Waals surface area contributed by atoms with Gasteiger partial charge >= 0.3 is 6.36 Å². The zero-order chi connectivity index (χ0) is 22.3. The molecule has 3 aromatic rings. The number of benzene rings is 1. The summed E-state index contributed by atoms with van der Waals surface area (Å²) in [5.74, 6) is -1.70. The van der Waals surface area contributed by atoms with Crippen LogP contribution in [0.15, 0.2) is 48.7 Å². The van der Waals surface area contributed by atoms with Gasteiger partial charge in [0, 0.05) is 18.2 Å². The Kier molecular flexibility index (Phi) is 4.88. The number of pyridine rings is 1. The van der Waals surface area contributed by atoms with Gasteiger partial charge in [0.25, 0.3) is 0 Å². The van der Waals surface area contributed by atoms with Crippen molar-refractivity contribution < 1.29 is 27.5 Å². The highest BCUT2D eigenvalue weighted by Gasteiger charge is 2.43. The molecule has 11 heteroatoms. The van der Waals surface area contributed by atoms with Crippen LogP contribution in [-0.4, -0.2) is 32.9 Å². The first kappa shape index (κ1) is 20.4. The molecule has 0 radical (unpaired) electrons. The number of carbonyl (C=O) groups is 2. The summed E-state index contributed by atoms with van der Waals surface area (Å²) in [4.78, 5) is 30.8. The van der Waals surface area contributed by atoms with E-state index in [4.69, 9.17) is 5.73 Å². The van der Waals surface area contributed by atoms with Crippen molar-refractivity contribution in [1.29, 1.82) is 0 Å². The standard InChI is InChI=1S/C20H16F3N5O3/c1-11-17(18(24)28(26-11)15-4-2-3-9-25-15)14-10-16(29)27(19(14)30)12-5-7-13(8-6-12)31-20(21,22)23/h2-9,14H,10,24H2,1H3/t14-/m1/s1. The Morgan fingerprint density at radius 2 is 1.84 bits per heavy atom. The number of rotatable bonds is 4. The van der Waals surface area contributed by atoms with Gasteiger partial charge in [-0.15, -0.1) is 13.2 Å². The van der Waals surface area contributed by atoms with Gasteiger partial charge in [-0.25, -0.2) is 9.88 Å². The summed E-state index contributed by atoms with van der Waals surface area (Å²) in [6.45, 7) is 1.68. The average Bonchev–Trinajstić information content (AvgIpc) is 3.16. The van der Waals surface area contributed by atoms with E-state index in [-0.39, 0.29) is 17.9 Å². The number of halogens is 3. The largest absolute Gasteiger partial charge is 0.573 e. The van der Waals surface area contributed by atoms with Gasteiger partial charge < -0.3 is 10.5 Å². The van der Waals surface area contributed by atoms with Gasteiger partial charge in [0.1, 0.15) is 11.6 Å². The minimum absolute atomic E-state index is 0.139. The number of hydrogen-bond donors (Lipinski definition) is 1. The molecule has 2 amide bonds. The molecule has 0 spiro atoms. The lowest BCUT2D eigenvalue weighted by molar-refractivity contribution is -0.274. The van der Waals surface area contributed by atoms with Gasteiger partial charge in [0.05, 0.1) is 17.3 Å². The summed E-state index contributed by atoms with van der Waals surface area (Å²) >= 11 is 0. The Bertz CT molecular complexity index is 1140. The van der Waals surface area contributed by atoms with Crippen LogP contribution in [0.1, 0.15) is 23.6 Å². The molecule has 2 N–H and O–H groups in total. The fraction of sp³-hybridized carbons (Fsp3) is 0.200. The third-order valence-corrected chi connectivity index (χ3v) is 4.83. The van der Waals surface area contributed by atoms with Crippen LogP contribution in [0.3, 0.4) is 0 Å². The fourth-order valence-corrected chi connectivity index (χ4v) is 3.57. The number of aromatic nitrogens is 3. The minimum Gasteiger partial charge on any atom is -0.406 e. The highest BCUT2D eigenvalue weighted by molar-refractivity contribution is 6.23. The number of aryl methyl sites for hydroxylation is 1. The number of nitrogen functional groups attached to an aromatic ring is 1. The fourth-order valence-electron chi connectivity index (χ4n) is 3.57. The van der Waals surface area contributed by atoms with Crippen LogP contribution in [-0.2, 0) is 9.59 Å². The van der Waals surface area contributed by atoms with Crippen LogP contribution in [0.5, 0.6) is 5.75 Å². The number of alkyl halides is 3. The van der Waals surface area contributed by atoms with E-state index >= 15 is 0 Å². The van der Waals surface area contributed by atoms with Crippen molar-refractivity contribution in [2.75, 3.05) is 10.6 Å². The van der Waals surface area contributed by atoms with Crippen molar-refractivity contribution in [3.05, 3.63) is 59.9 Å². The number of anilines is 2. The third kappa shape index (κ3) is 3.81. The second-order valence-electron chi connectivity index (χ2n) is 6.85. The van der Waals surface area contributed by atoms with Crippen molar-refractivity contribution in [2.45, 2.75) is 25.6 Å². The smallest absolute Gasteiger partial charge is 0.406 e. The second kappa shape index (κ2) is 7.42. The summed E-state index contributed by atoms with van der Waals surface area (Å²) < 4.78 is 42.2. The van der Waals surface area contributed by atoms with Crippen LogP contribution >= 0.6 is 0 Å². The third-order valence-electron chi connectivity index (χ3n) is 4.83. The van der Waals surface area contributed by atoms with Crippen LogP contribution in [0.4, 0.5) is 24.7 Å². The van der Waals surface area contributed by atoms with Crippen LogP contribution in [0, 0.1) is 6.92 Å². The summed E-state index contributed by atoms with van der Waals surface area (Å²) in [7, 11) is 0. The summed E-state index contributed by atoms with van der Waals surface area (Å²) in [5, 5.41) is 4.35. The molecule has 1 atom stereocenters. The van der Waals surface area contributed by atoms with E-state index in [1.807, 2.05) is 0 Å². The quantitative estimate of drug-likeness (QED) is 0.637. The predicted octanol–water partition coefficient (Wildman–Crippen LogP) is 3.10. The molecular formula is C20H16F3N5O3. The molecule has 0 bridgehead atoms. The average molecular weight is 431 g/mol. The Hall–Kier alpha value is -3.89. The molecule has 0 unspecified atom stereocenters. The Morgan fingerprint density at radius 1 is 1.13 bits per heavy atom. The molecule has 1 saturated heterocycles. The molecule has 3 heterocycles. The van der Waals surface area contributed by atoms with E-state index in [9.17, 15) is 22.8 Å². The molecule has 1 aliphatic rings. The van der Waals surface area contributed by atoms with Gasteiger partial charge in [0.15, 0.2) is 5.82 Å². The van der Waals surface area contributed by atoms with E-state index in [1.54, 1.807) is 31.3 Å². The highest BCUT2D eigenvalue weighted by Crippen LogP contribution is 2.38. The van der Waals surface area contributed by atoms with Crippen molar-refractivity contribution in [2.24, 2.45) is 0 Å². The van der Waals surface area contributed by atoms with Crippen LogP contribution in [0.25, 0.3) is 5.82 Å². The minimum atomic E-state index is -4.84. The zero-order valence-corrected chi connectivity index (χ0v) is 16.1. The number of amides is 2.